The number of hydrogen-bond acceptors (Lipinski definition) is 10. The lowest BCUT2D eigenvalue weighted by Crippen LogP contribution is -2.69. The molecule has 2 aromatic rings. The molecule has 0 bridgehead atoms. The highest BCUT2D eigenvalue weighted by Crippen LogP contribution is 2.43. The Balaban J connectivity index is 2.80. The SMILES string of the molecule is CC(=O)Nc1c(I)c(NC(C)=O)c(I)c(N[C@@](N)(C(=O)C(=O)c2ccccc2)[C@@H](O)[C@H](O)[C@H](O)CO)c1I. The van der Waals surface area contributed by atoms with Crippen LogP contribution in [0.3, 0.4) is 0 Å². The van der Waals surface area contributed by atoms with E-state index in [1.807, 2.05) is 67.8 Å². The van der Waals surface area contributed by atoms with Crippen LogP contribution in [0.4, 0.5) is 17.1 Å². The third kappa shape index (κ3) is 7.17. The molecule has 12 nitrogen and oxygen atoms in total. The van der Waals surface area contributed by atoms with E-state index < -0.39 is 54.0 Å². The number of carbonyl (C=O) groups is 4. The van der Waals surface area contributed by atoms with Crippen LogP contribution < -0.4 is 21.7 Å². The molecule has 0 aliphatic carbocycles. The lowest BCUT2D eigenvalue weighted by molar-refractivity contribution is -0.133. The van der Waals surface area contributed by atoms with Gasteiger partial charge in [0.15, 0.2) is 5.66 Å². The maximum atomic E-state index is 13.5. The summed E-state index contributed by atoms with van der Waals surface area (Å²) in [6.45, 7) is 1.55. The zero-order valence-corrected chi connectivity index (χ0v) is 26.4. The van der Waals surface area contributed by atoms with Gasteiger partial charge >= 0.3 is 0 Å². The molecule has 38 heavy (non-hydrogen) atoms. The van der Waals surface area contributed by atoms with Crippen LogP contribution in [-0.4, -0.2) is 74.4 Å². The lowest BCUT2D eigenvalue weighted by atomic mass is 9.87. The highest BCUT2D eigenvalue weighted by Gasteiger charge is 2.50. The summed E-state index contributed by atoms with van der Waals surface area (Å²) in [4.78, 5) is 50.5. The standard InChI is InChI=1S/C23H25I3N4O8/c1-9(32)28-16-13(24)17(29-10(2)33)15(26)18(14(16)25)30-23(27,22(38)20(36)12(34)8-31)21(37)19(35)11-6-4-3-5-7-11/h3-7,12,20,22,30-31,34,36,38H,8,27H2,1-2H3,(H,28,32)(H,29,33)/t12-,20-,22+,23+/m1/s1. The number of anilines is 3. The van der Waals surface area contributed by atoms with E-state index in [1.165, 1.54) is 38.1 Å². The van der Waals surface area contributed by atoms with Gasteiger partial charge < -0.3 is 36.4 Å². The van der Waals surface area contributed by atoms with Gasteiger partial charge in [0.1, 0.15) is 18.3 Å². The molecule has 0 radical (unpaired) electrons. The summed E-state index contributed by atoms with van der Waals surface area (Å²) in [5.41, 5.74) is 4.05. The van der Waals surface area contributed by atoms with Crippen LogP contribution in [0, 0.1) is 10.7 Å². The average molecular weight is 866 g/mol. The number of nitrogens with two attached hydrogens (primary N) is 1. The van der Waals surface area contributed by atoms with Gasteiger partial charge in [-0.05, 0) is 67.8 Å². The number of halogens is 3. The number of aliphatic hydroxyl groups is 4. The van der Waals surface area contributed by atoms with Crippen LogP contribution in [-0.2, 0) is 14.4 Å². The van der Waals surface area contributed by atoms with E-state index in [1.54, 1.807) is 6.07 Å². The monoisotopic (exact) mass is 866 g/mol. The Morgan fingerprint density at radius 2 is 1.32 bits per heavy atom. The summed E-state index contributed by atoms with van der Waals surface area (Å²) in [7, 11) is 0. The fraction of sp³-hybridized carbons (Fsp3) is 0.304. The highest BCUT2D eigenvalue weighted by molar-refractivity contribution is 14.1. The molecule has 0 aliphatic heterocycles. The molecule has 0 unspecified atom stereocenters. The first-order valence-electron chi connectivity index (χ1n) is 10.8. The fourth-order valence-electron chi connectivity index (χ4n) is 3.31. The molecule has 0 fully saturated rings. The summed E-state index contributed by atoms with van der Waals surface area (Å²) in [5, 5.41) is 48.6. The Bertz CT molecular complexity index is 1200. The van der Waals surface area contributed by atoms with Crippen LogP contribution in [0.25, 0.3) is 0 Å². The zero-order chi connectivity index (χ0) is 28.9. The van der Waals surface area contributed by atoms with Crippen LogP contribution in [0.5, 0.6) is 0 Å². The Morgan fingerprint density at radius 1 is 0.868 bits per heavy atom. The number of rotatable bonds is 11. The van der Waals surface area contributed by atoms with Crippen LogP contribution in [0.1, 0.15) is 24.2 Å². The maximum Gasteiger partial charge on any atom is 0.245 e. The van der Waals surface area contributed by atoms with Crippen LogP contribution in [0.2, 0.25) is 0 Å². The molecule has 9 N–H and O–H groups in total. The molecule has 4 atom stereocenters. The Kier molecular flexibility index (Phi) is 11.8. The first-order valence-corrected chi connectivity index (χ1v) is 14.0. The molecular formula is C23H25I3N4O8. The van der Waals surface area contributed by atoms with E-state index in [0.717, 1.165) is 0 Å². The molecule has 15 heteroatoms. The Morgan fingerprint density at radius 3 is 1.74 bits per heavy atom. The molecule has 0 spiro atoms. The smallest absolute Gasteiger partial charge is 0.245 e. The molecule has 2 rings (SSSR count). The predicted molar refractivity (Wildman–Crippen MR) is 165 cm³/mol. The van der Waals surface area contributed by atoms with Crippen molar-refractivity contribution in [2.75, 3.05) is 22.6 Å². The number of amides is 2. The number of aliphatic hydroxyl groups excluding tert-OH is 4. The Hall–Kier alpha value is -1.49. The molecule has 2 aromatic carbocycles. The van der Waals surface area contributed by atoms with Crippen molar-refractivity contribution in [3.63, 3.8) is 0 Å². The van der Waals surface area contributed by atoms with Crippen molar-refractivity contribution in [3.8, 4) is 0 Å². The third-order valence-corrected chi connectivity index (χ3v) is 8.48. The van der Waals surface area contributed by atoms with Gasteiger partial charge in [-0.3, -0.25) is 24.9 Å². The topological polar surface area (TPSA) is 211 Å². The maximum absolute atomic E-state index is 13.5. The second-order valence-electron chi connectivity index (χ2n) is 8.13. The summed E-state index contributed by atoms with van der Waals surface area (Å²) < 4.78 is 1.03. The molecule has 206 valence electrons. The molecular weight excluding hydrogens is 841 g/mol. The number of carbonyl (C=O) groups excluding carboxylic acids is 4. The molecule has 0 saturated carbocycles. The number of hydrogen-bond donors (Lipinski definition) is 8. The van der Waals surface area contributed by atoms with Gasteiger partial charge in [0.05, 0.1) is 34.4 Å². The van der Waals surface area contributed by atoms with Gasteiger partial charge in [-0.15, -0.1) is 0 Å². The average Bonchev–Trinajstić information content (AvgIpc) is 2.89. The van der Waals surface area contributed by atoms with Gasteiger partial charge in [-0.25, -0.2) is 0 Å². The third-order valence-electron chi connectivity index (χ3n) is 5.24. The van der Waals surface area contributed by atoms with E-state index in [-0.39, 0.29) is 22.6 Å². The molecule has 0 heterocycles. The first-order chi connectivity index (χ1) is 17.7. The van der Waals surface area contributed by atoms with Crippen molar-refractivity contribution in [3.05, 3.63) is 46.6 Å². The van der Waals surface area contributed by atoms with Crippen molar-refractivity contribution in [2.24, 2.45) is 5.73 Å². The van der Waals surface area contributed by atoms with Gasteiger partial charge in [-0.2, -0.15) is 0 Å². The molecule has 0 saturated heterocycles. The van der Waals surface area contributed by atoms with Gasteiger partial charge in [0, 0.05) is 19.4 Å². The Labute approximate surface area is 258 Å². The minimum absolute atomic E-state index is 0.0283. The summed E-state index contributed by atoms with van der Waals surface area (Å²) in [6, 6.07) is 7.35. The summed E-state index contributed by atoms with van der Waals surface area (Å²) in [5.74, 6) is -3.37. The molecule has 2 amide bonds. The number of Topliss-reactive ketones (excluding diaryl/α,β-unsaturated/α-hetero) is 2. The number of ketones is 2. The zero-order valence-electron chi connectivity index (χ0n) is 20.0. The van der Waals surface area contributed by atoms with Crippen molar-refractivity contribution in [1.29, 1.82) is 0 Å². The first kappa shape index (κ1) is 32.7. The fourth-order valence-corrected chi connectivity index (χ4v) is 7.29. The lowest BCUT2D eigenvalue weighted by Gasteiger charge is -2.38. The largest absolute Gasteiger partial charge is 0.394 e. The van der Waals surface area contributed by atoms with Gasteiger partial charge in [0.25, 0.3) is 0 Å². The van der Waals surface area contributed by atoms with Crippen molar-refractivity contribution in [2.45, 2.75) is 37.8 Å². The quantitative estimate of drug-likeness (QED) is 0.0696. The second-order valence-corrected chi connectivity index (χ2v) is 11.4. The van der Waals surface area contributed by atoms with Crippen LogP contribution >= 0.6 is 67.8 Å². The van der Waals surface area contributed by atoms with Crippen molar-refractivity contribution >= 4 is 108 Å². The molecule has 0 aliphatic rings. The van der Waals surface area contributed by atoms with E-state index >= 15 is 0 Å². The molecule has 0 aromatic heterocycles. The van der Waals surface area contributed by atoms with E-state index in [0.29, 0.717) is 10.7 Å². The second kappa shape index (κ2) is 13.7. The van der Waals surface area contributed by atoms with E-state index in [2.05, 4.69) is 16.0 Å². The predicted octanol–water partition coefficient (Wildman–Crippen LogP) is 1.01. The van der Waals surface area contributed by atoms with Crippen LogP contribution in [0.15, 0.2) is 30.3 Å². The number of benzene rings is 2. The minimum Gasteiger partial charge on any atom is -0.394 e. The summed E-state index contributed by atoms with van der Waals surface area (Å²) >= 11 is 5.60. The van der Waals surface area contributed by atoms with Gasteiger partial charge in [0.2, 0.25) is 23.4 Å². The number of nitrogens with one attached hydrogen (secondary N) is 3. The summed E-state index contributed by atoms with van der Waals surface area (Å²) in [6.07, 6.45) is -6.38. The minimum atomic E-state index is -2.75. The van der Waals surface area contributed by atoms with E-state index in [9.17, 15) is 39.6 Å². The normalized spacial score (nSPS) is 15.0. The van der Waals surface area contributed by atoms with Crippen molar-refractivity contribution < 1.29 is 39.6 Å². The van der Waals surface area contributed by atoms with Crippen molar-refractivity contribution in [1.82, 2.24) is 0 Å². The van der Waals surface area contributed by atoms with E-state index in [4.69, 9.17) is 5.73 Å². The van der Waals surface area contributed by atoms with Gasteiger partial charge in [-0.1, -0.05) is 30.3 Å². The highest BCUT2D eigenvalue weighted by atomic mass is 127.